The fourth-order valence-electron chi connectivity index (χ4n) is 1.88. The maximum Gasteiger partial charge on any atom is 0.317 e. The van der Waals surface area contributed by atoms with E-state index in [1.54, 1.807) is 0 Å². The van der Waals surface area contributed by atoms with Crippen molar-refractivity contribution in [2.45, 2.75) is 37.2 Å². The van der Waals surface area contributed by atoms with Gasteiger partial charge in [0.1, 0.15) is 5.25 Å². The average Bonchev–Trinajstić information content (AvgIpc) is 2.72. The van der Waals surface area contributed by atoms with Crippen LogP contribution in [0, 0.1) is 0 Å². The van der Waals surface area contributed by atoms with Gasteiger partial charge in [-0.3, -0.25) is 4.79 Å². The summed E-state index contributed by atoms with van der Waals surface area (Å²) in [6.45, 7) is 4.71. The molecule has 0 aliphatic heterocycles. The first-order valence-electron chi connectivity index (χ1n) is 6.02. The van der Waals surface area contributed by atoms with Gasteiger partial charge in [0.2, 0.25) is 0 Å². The maximum atomic E-state index is 11.1. The largest absolute Gasteiger partial charge is 0.480 e. The van der Waals surface area contributed by atoms with Crippen molar-refractivity contribution in [3.8, 4) is 0 Å². The summed E-state index contributed by atoms with van der Waals surface area (Å²) in [6, 6.07) is 7.88. The summed E-state index contributed by atoms with van der Waals surface area (Å²) < 4.78 is 2.06. The molecule has 1 heterocycles. The number of hydrogen-bond acceptors (Lipinski definition) is 3. The lowest BCUT2D eigenvalue weighted by molar-refractivity contribution is -0.136. The number of nitrogens with zero attached hydrogens (tertiary/aromatic N) is 2. The van der Waals surface area contributed by atoms with E-state index in [-0.39, 0.29) is 0 Å². The van der Waals surface area contributed by atoms with Crippen LogP contribution >= 0.6 is 11.8 Å². The zero-order chi connectivity index (χ0) is 13.1. The highest BCUT2D eigenvalue weighted by atomic mass is 32.2. The highest BCUT2D eigenvalue weighted by molar-refractivity contribution is 8.00. The van der Waals surface area contributed by atoms with Crippen LogP contribution in [-0.4, -0.2) is 25.9 Å². The molecule has 1 aromatic carbocycles. The second-order valence-electron chi connectivity index (χ2n) is 3.98. The van der Waals surface area contributed by atoms with Gasteiger partial charge in [-0.05, 0) is 25.5 Å². The van der Waals surface area contributed by atoms with Gasteiger partial charge in [0.15, 0.2) is 5.16 Å². The highest BCUT2D eigenvalue weighted by Gasteiger charge is 2.20. The number of imidazole rings is 1. The Morgan fingerprint density at radius 1 is 1.44 bits per heavy atom. The second-order valence-corrected chi connectivity index (χ2v) is 5.15. The molecule has 0 amide bonds. The number of fused-ring (bicyclic) bond motifs is 1. The number of aliphatic carboxylic acids is 1. The van der Waals surface area contributed by atoms with Crippen LogP contribution in [-0.2, 0) is 11.3 Å². The van der Waals surface area contributed by atoms with Crippen molar-refractivity contribution in [1.82, 2.24) is 9.55 Å². The van der Waals surface area contributed by atoms with Gasteiger partial charge in [0.25, 0.3) is 0 Å². The Bertz CT molecular complexity index is 565. The molecule has 0 fully saturated rings. The van der Waals surface area contributed by atoms with Gasteiger partial charge < -0.3 is 9.67 Å². The Hall–Kier alpha value is -1.49. The normalized spacial score (nSPS) is 12.8. The number of thioether (sulfide) groups is 1. The SMILES string of the molecule is CC[C@H](Sc1nc2ccccc2n1CC)C(=O)O. The molecule has 0 spiro atoms. The van der Waals surface area contributed by atoms with Crippen molar-refractivity contribution in [1.29, 1.82) is 0 Å². The summed E-state index contributed by atoms with van der Waals surface area (Å²) in [5.41, 5.74) is 1.98. The van der Waals surface area contributed by atoms with Crippen LogP contribution in [0.3, 0.4) is 0 Å². The lowest BCUT2D eigenvalue weighted by Crippen LogP contribution is -2.15. The third kappa shape index (κ3) is 2.36. The molecule has 5 heteroatoms. The van der Waals surface area contributed by atoms with E-state index in [1.807, 2.05) is 38.1 Å². The first-order valence-corrected chi connectivity index (χ1v) is 6.90. The summed E-state index contributed by atoms with van der Waals surface area (Å²) >= 11 is 1.33. The van der Waals surface area contributed by atoms with E-state index in [9.17, 15) is 4.79 Å². The lowest BCUT2D eigenvalue weighted by atomic mass is 10.3. The minimum absolute atomic E-state index is 0.438. The standard InChI is InChI=1S/C13H16N2O2S/c1-3-11(12(16)17)18-13-14-9-7-5-6-8-10(9)15(13)4-2/h5-8,11H,3-4H2,1-2H3,(H,16,17)/t11-/m0/s1. The van der Waals surface area contributed by atoms with Gasteiger partial charge in [-0.2, -0.15) is 0 Å². The van der Waals surface area contributed by atoms with Crippen LogP contribution in [0.25, 0.3) is 11.0 Å². The highest BCUT2D eigenvalue weighted by Crippen LogP contribution is 2.28. The zero-order valence-electron chi connectivity index (χ0n) is 10.5. The Morgan fingerprint density at radius 2 is 2.17 bits per heavy atom. The minimum Gasteiger partial charge on any atom is -0.480 e. The van der Waals surface area contributed by atoms with Crippen molar-refractivity contribution in [2.24, 2.45) is 0 Å². The van der Waals surface area contributed by atoms with Gasteiger partial charge >= 0.3 is 5.97 Å². The van der Waals surface area contributed by atoms with Crippen molar-refractivity contribution >= 4 is 28.8 Å². The number of rotatable bonds is 5. The molecule has 1 aromatic heterocycles. The van der Waals surface area contributed by atoms with Gasteiger partial charge in [-0.25, -0.2) is 4.98 Å². The minimum atomic E-state index is -0.780. The van der Waals surface area contributed by atoms with E-state index in [4.69, 9.17) is 5.11 Å². The first-order chi connectivity index (χ1) is 8.67. The summed E-state index contributed by atoms with van der Waals surface area (Å²) in [7, 11) is 0. The molecule has 0 bridgehead atoms. The van der Waals surface area contributed by atoms with Crippen LogP contribution < -0.4 is 0 Å². The topological polar surface area (TPSA) is 55.1 Å². The van der Waals surface area contributed by atoms with E-state index >= 15 is 0 Å². The number of hydrogen-bond donors (Lipinski definition) is 1. The molecular weight excluding hydrogens is 248 g/mol. The first kappa shape index (κ1) is 13.0. The molecule has 0 aliphatic rings. The van der Waals surface area contributed by atoms with E-state index in [0.29, 0.717) is 6.42 Å². The monoisotopic (exact) mass is 264 g/mol. The fraction of sp³-hybridized carbons (Fsp3) is 0.385. The van der Waals surface area contributed by atoms with E-state index < -0.39 is 11.2 Å². The molecule has 2 rings (SSSR count). The quantitative estimate of drug-likeness (QED) is 0.843. The van der Waals surface area contributed by atoms with Crippen LogP contribution in [0.5, 0.6) is 0 Å². The summed E-state index contributed by atoms with van der Waals surface area (Å²) in [4.78, 5) is 15.6. The van der Waals surface area contributed by atoms with Crippen LogP contribution in [0.2, 0.25) is 0 Å². The number of carbonyl (C=O) groups is 1. The lowest BCUT2D eigenvalue weighted by Gasteiger charge is -2.10. The molecule has 2 aromatic rings. The van der Waals surface area contributed by atoms with E-state index in [0.717, 1.165) is 22.7 Å². The molecular formula is C13H16N2O2S. The van der Waals surface area contributed by atoms with Crippen LogP contribution in [0.15, 0.2) is 29.4 Å². The Balaban J connectivity index is 2.41. The molecule has 4 nitrogen and oxygen atoms in total. The summed E-state index contributed by atoms with van der Waals surface area (Å²) in [5.74, 6) is -0.780. The molecule has 1 atom stereocenters. The number of benzene rings is 1. The Morgan fingerprint density at radius 3 is 2.78 bits per heavy atom. The van der Waals surface area contributed by atoms with Gasteiger partial charge in [0.05, 0.1) is 11.0 Å². The molecule has 1 N–H and O–H groups in total. The summed E-state index contributed by atoms with van der Waals surface area (Å²) in [5, 5.41) is 9.46. The predicted molar refractivity (Wildman–Crippen MR) is 73.0 cm³/mol. The molecule has 0 saturated heterocycles. The molecule has 0 saturated carbocycles. The maximum absolute atomic E-state index is 11.1. The second kappa shape index (κ2) is 5.44. The van der Waals surface area contributed by atoms with Crippen molar-refractivity contribution in [2.75, 3.05) is 0 Å². The number of aryl methyl sites for hydroxylation is 1. The Labute approximate surface area is 110 Å². The molecule has 0 aliphatic carbocycles. The molecule has 0 unspecified atom stereocenters. The van der Waals surface area contributed by atoms with E-state index in [2.05, 4.69) is 9.55 Å². The van der Waals surface area contributed by atoms with Crippen LogP contribution in [0.1, 0.15) is 20.3 Å². The average molecular weight is 264 g/mol. The predicted octanol–water partition coefficient (Wildman–Crippen LogP) is 3.01. The molecule has 18 heavy (non-hydrogen) atoms. The number of carboxylic acids is 1. The zero-order valence-corrected chi connectivity index (χ0v) is 11.3. The third-order valence-electron chi connectivity index (χ3n) is 2.83. The van der Waals surface area contributed by atoms with Gasteiger partial charge in [0, 0.05) is 6.54 Å². The summed E-state index contributed by atoms with van der Waals surface area (Å²) in [6.07, 6.45) is 0.590. The number of para-hydroxylation sites is 2. The van der Waals surface area contributed by atoms with Crippen LogP contribution in [0.4, 0.5) is 0 Å². The number of aromatic nitrogens is 2. The van der Waals surface area contributed by atoms with Crippen molar-refractivity contribution in [3.63, 3.8) is 0 Å². The molecule has 96 valence electrons. The smallest absolute Gasteiger partial charge is 0.317 e. The van der Waals surface area contributed by atoms with Gasteiger partial charge in [-0.15, -0.1) is 0 Å². The van der Waals surface area contributed by atoms with E-state index in [1.165, 1.54) is 11.8 Å². The number of carboxylic acid groups (broad SMARTS) is 1. The third-order valence-corrected chi connectivity index (χ3v) is 4.17. The van der Waals surface area contributed by atoms with Gasteiger partial charge in [-0.1, -0.05) is 30.8 Å². The van der Waals surface area contributed by atoms with Crippen molar-refractivity contribution in [3.05, 3.63) is 24.3 Å². The van der Waals surface area contributed by atoms with Crippen molar-refractivity contribution < 1.29 is 9.90 Å². The fourth-order valence-corrected chi connectivity index (χ4v) is 2.91. The Kier molecular flexibility index (Phi) is 3.91. The molecule has 0 radical (unpaired) electrons.